The number of aromatic amines is 1. The first-order chi connectivity index (χ1) is 9.13. The number of hydrogen-bond acceptors (Lipinski definition) is 3. The van der Waals surface area contributed by atoms with E-state index in [-0.39, 0.29) is 11.7 Å². The number of para-hydroxylation sites is 1. The second kappa shape index (κ2) is 5.51. The van der Waals surface area contributed by atoms with Crippen LogP contribution in [0.15, 0.2) is 18.2 Å². The van der Waals surface area contributed by atoms with E-state index in [1.807, 2.05) is 0 Å². The van der Waals surface area contributed by atoms with Crippen LogP contribution in [0, 0.1) is 0 Å². The molecule has 2 rings (SSSR count). The number of aromatic nitrogens is 2. The predicted molar refractivity (Wildman–Crippen MR) is 71.9 cm³/mol. The fraction of sp³-hybridized carbons (Fsp3) is 0.308. The number of carbonyl (C=O) groups excluding carboxylic acids is 2. The maximum Gasteiger partial charge on any atom is 0.284 e. The minimum Gasteiger partial charge on any atom is -0.363 e. The molecule has 0 aliphatic heterocycles. The van der Waals surface area contributed by atoms with Gasteiger partial charge in [-0.3, -0.25) is 9.59 Å². The topological polar surface area (TPSA) is 101 Å². The third-order valence-corrected chi connectivity index (χ3v) is 2.81. The van der Waals surface area contributed by atoms with Gasteiger partial charge in [-0.25, -0.2) is 4.98 Å². The van der Waals surface area contributed by atoms with Crippen LogP contribution in [0.2, 0.25) is 0 Å². The molecule has 0 radical (unpaired) electrons. The summed E-state index contributed by atoms with van der Waals surface area (Å²) in [6.45, 7) is 2.68. The zero-order valence-electron chi connectivity index (χ0n) is 10.7. The number of imidazole rings is 1. The quantitative estimate of drug-likeness (QED) is 0.704. The second-order valence-corrected chi connectivity index (χ2v) is 4.26. The van der Waals surface area contributed by atoms with Crippen molar-refractivity contribution in [2.45, 2.75) is 19.8 Å². The molecule has 0 bridgehead atoms. The molecule has 6 heteroatoms. The average Bonchev–Trinajstić information content (AvgIpc) is 2.82. The van der Waals surface area contributed by atoms with Crippen molar-refractivity contribution >= 4 is 22.8 Å². The summed E-state index contributed by atoms with van der Waals surface area (Å²) in [6.07, 6.45) is 1.94. The highest BCUT2D eigenvalue weighted by atomic mass is 16.2. The normalized spacial score (nSPS) is 10.6. The Morgan fingerprint density at radius 2 is 2.21 bits per heavy atom. The van der Waals surface area contributed by atoms with Crippen molar-refractivity contribution in [2.24, 2.45) is 5.73 Å². The Balaban J connectivity index is 2.32. The lowest BCUT2D eigenvalue weighted by atomic mass is 10.1. The van der Waals surface area contributed by atoms with E-state index in [1.165, 1.54) is 0 Å². The van der Waals surface area contributed by atoms with Gasteiger partial charge in [0.25, 0.3) is 11.8 Å². The number of nitrogens with zero attached hydrogens (tertiary/aromatic N) is 1. The Labute approximate surface area is 110 Å². The summed E-state index contributed by atoms with van der Waals surface area (Å²) in [5.41, 5.74) is 6.70. The van der Waals surface area contributed by atoms with Crippen LogP contribution in [0.3, 0.4) is 0 Å². The second-order valence-electron chi connectivity index (χ2n) is 4.26. The van der Waals surface area contributed by atoms with Crippen molar-refractivity contribution in [1.29, 1.82) is 0 Å². The highest BCUT2D eigenvalue weighted by Crippen LogP contribution is 2.16. The third-order valence-electron chi connectivity index (χ3n) is 2.81. The molecule has 4 N–H and O–H groups in total. The van der Waals surface area contributed by atoms with E-state index in [4.69, 9.17) is 5.73 Å². The fourth-order valence-electron chi connectivity index (χ4n) is 1.81. The van der Waals surface area contributed by atoms with Crippen LogP contribution in [0.1, 0.15) is 40.7 Å². The molecule has 0 atom stereocenters. The van der Waals surface area contributed by atoms with Gasteiger partial charge in [0.15, 0.2) is 5.82 Å². The van der Waals surface area contributed by atoms with Gasteiger partial charge in [-0.1, -0.05) is 19.4 Å². The molecule has 0 saturated carbocycles. The zero-order valence-corrected chi connectivity index (χ0v) is 10.7. The highest BCUT2D eigenvalue weighted by Gasteiger charge is 2.14. The molecule has 100 valence electrons. The molecule has 0 spiro atoms. The third kappa shape index (κ3) is 2.73. The highest BCUT2D eigenvalue weighted by molar-refractivity contribution is 6.06. The Morgan fingerprint density at radius 1 is 1.42 bits per heavy atom. The van der Waals surface area contributed by atoms with Gasteiger partial charge in [0.2, 0.25) is 0 Å². The molecular weight excluding hydrogens is 244 g/mol. The number of rotatable bonds is 5. The summed E-state index contributed by atoms with van der Waals surface area (Å²) in [6, 6.07) is 5.16. The summed E-state index contributed by atoms with van der Waals surface area (Å²) in [5, 5.41) is 2.82. The van der Waals surface area contributed by atoms with E-state index in [1.54, 1.807) is 18.2 Å². The van der Waals surface area contributed by atoms with Gasteiger partial charge in [0.1, 0.15) is 5.52 Å². The summed E-state index contributed by atoms with van der Waals surface area (Å²) < 4.78 is 0. The van der Waals surface area contributed by atoms with Crippen molar-refractivity contribution in [3.63, 3.8) is 0 Å². The van der Waals surface area contributed by atoms with Crippen LogP contribution in [0.5, 0.6) is 0 Å². The lowest BCUT2D eigenvalue weighted by molar-refractivity contribution is 0.0952. The Morgan fingerprint density at radius 3 is 2.89 bits per heavy atom. The van der Waals surface area contributed by atoms with Crippen LogP contribution in [-0.2, 0) is 0 Å². The molecule has 0 aliphatic rings. The van der Waals surface area contributed by atoms with Gasteiger partial charge in [0.05, 0.1) is 11.1 Å². The van der Waals surface area contributed by atoms with Crippen LogP contribution in [0.4, 0.5) is 0 Å². The zero-order chi connectivity index (χ0) is 13.8. The van der Waals surface area contributed by atoms with E-state index in [9.17, 15) is 9.59 Å². The Kier molecular flexibility index (Phi) is 3.79. The van der Waals surface area contributed by atoms with Gasteiger partial charge in [-0.15, -0.1) is 0 Å². The lowest BCUT2D eigenvalue weighted by Gasteiger charge is -2.04. The van der Waals surface area contributed by atoms with Crippen LogP contribution >= 0.6 is 0 Å². The Bertz CT molecular complexity index is 618. The molecule has 0 fully saturated rings. The summed E-state index contributed by atoms with van der Waals surface area (Å²) in [5.74, 6) is -0.779. The number of fused-ring (bicyclic) bond motifs is 1. The van der Waals surface area contributed by atoms with Crippen LogP contribution in [-0.4, -0.2) is 28.3 Å². The van der Waals surface area contributed by atoms with Crippen molar-refractivity contribution in [2.75, 3.05) is 6.54 Å². The number of carbonyl (C=O) groups is 2. The van der Waals surface area contributed by atoms with Gasteiger partial charge >= 0.3 is 0 Å². The van der Waals surface area contributed by atoms with Crippen LogP contribution in [0.25, 0.3) is 11.0 Å². The minimum atomic E-state index is -0.645. The first-order valence-corrected chi connectivity index (χ1v) is 6.20. The number of benzene rings is 1. The number of hydrogen-bond donors (Lipinski definition) is 3. The van der Waals surface area contributed by atoms with Crippen molar-refractivity contribution in [3.8, 4) is 0 Å². The molecule has 1 heterocycles. The van der Waals surface area contributed by atoms with Crippen molar-refractivity contribution in [3.05, 3.63) is 29.6 Å². The standard InChI is InChI=1S/C13H16N4O2/c1-2-3-7-15-13(19)8-5-4-6-9-10(8)17-12(16-9)11(14)18/h4-6H,2-3,7H2,1H3,(H2,14,18)(H,15,19)(H,16,17). The number of nitrogens with two attached hydrogens (primary N) is 1. The fourth-order valence-corrected chi connectivity index (χ4v) is 1.81. The maximum absolute atomic E-state index is 12.0. The van der Waals surface area contributed by atoms with Gasteiger partial charge in [-0.2, -0.15) is 0 Å². The molecule has 1 aromatic heterocycles. The number of H-pyrrole nitrogens is 1. The van der Waals surface area contributed by atoms with Crippen molar-refractivity contribution < 1.29 is 9.59 Å². The number of unbranched alkanes of at least 4 members (excludes halogenated alkanes) is 1. The Hall–Kier alpha value is -2.37. The molecule has 0 aliphatic carbocycles. The molecule has 0 unspecified atom stereocenters. The summed E-state index contributed by atoms with van der Waals surface area (Å²) >= 11 is 0. The molecule has 1 aromatic carbocycles. The van der Waals surface area contributed by atoms with Crippen molar-refractivity contribution in [1.82, 2.24) is 15.3 Å². The van der Waals surface area contributed by atoms with E-state index < -0.39 is 5.91 Å². The van der Waals surface area contributed by atoms with Gasteiger partial charge in [0, 0.05) is 6.54 Å². The molecule has 2 aromatic rings. The smallest absolute Gasteiger partial charge is 0.284 e. The molecule has 19 heavy (non-hydrogen) atoms. The molecule has 2 amide bonds. The molecule has 0 saturated heterocycles. The minimum absolute atomic E-state index is 0.0591. The number of nitrogens with one attached hydrogen (secondary N) is 2. The summed E-state index contributed by atoms with van der Waals surface area (Å²) in [7, 11) is 0. The summed E-state index contributed by atoms with van der Waals surface area (Å²) in [4.78, 5) is 30.0. The van der Waals surface area contributed by atoms with E-state index in [2.05, 4.69) is 22.2 Å². The molecular formula is C13H16N4O2. The average molecular weight is 260 g/mol. The van der Waals surface area contributed by atoms with E-state index in [0.29, 0.717) is 23.1 Å². The van der Waals surface area contributed by atoms with Gasteiger partial charge in [-0.05, 0) is 18.6 Å². The maximum atomic E-state index is 12.0. The van der Waals surface area contributed by atoms with Crippen LogP contribution < -0.4 is 11.1 Å². The lowest BCUT2D eigenvalue weighted by Crippen LogP contribution is -2.24. The molecule has 6 nitrogen and oxygen atoms in total. The number of primary amides is 1. The van der Waals surface area contributed by atoms with Gasteiger partial charge < -0.3 is 16.0 Å². The number of amides is 2. The first-order valence-electron chi connectivity index (χ1n) is 6.20. The predicted octanol–water partition coefficient (Wildman–Crippen LogP) is 1.19. The largest absolute Gasteiger partial charge is 0.363 e. The van der Waals surface area contributed by atoms with E-state index in [0.717, 1.165) is 12.8 Å². The first kappa shape index (κ1) is 13.1. The monoisotopic (exact) mass is 260 g/mol. The SMILES string of the molecule is CCCCNC(=O)c1cccc2[nH]c(C(N)=O)nc12. The van der Waals surface area contributed by atoms with E-state index >= 15 is 0 Å².